The Kier molecular flexibility index (Phi) is 15.0. The molecule has 0 fully saturated rings. The predicted octanol–water partition coefficient (Wildman–Crippen LogP) is 12.1. The molecule has 0 saturated heterocycles. The number of hydrogen-bond acceptors (Lipinski definition) is 0. The minimum atomic E-state index is 0. The Balaban J connectivity index is 0.000000260. The van der Waals surface area contributed by atoms with Crippen molar-refractivity contribution < 1.29 is 24.2 Å². The second kappa shape index (κ2) is 17.0. The van der Waals surface area contributed by atoms with Gasteiger partial charge in [0, 0.05) is 0 Å². The van der Waals surface area contributed by atoms with Crippen LogP contribution in [0.15, 0.2) is 106 Å². The van der Waals surface area contributed by atoms with E-state index in [9.17, 15) is 0 Å². The Morgan fingerprint density at radius 1 is 0.727 bits per heavy atom. The molecule has 2 aliphatic rings. The van der Waals surface area contributed by atoms with Crippen molar-refractivity contribution in [2.45, 2.75) is 65.2 Å². The standard InChI is InChI=1S/C21H25.C13H8Br2.C5H5.2ClH.Zr/c1-20(2,3)16-7-9-18-14(12-16)11-15-13-17(21(4,5)6)8-10-19(15)18;14-12-5-1-3-10(8-12)7-11-4-2-6-13(15)9-11;1-2-4-5-3-1;;;/h7-10,12H,11H2,1-6H3;1-6,8-9H;1-3H,4H2;2*1H;/q-1;;-1;;;+2. The Hall–Kier alpha value is -1.35. The molecule has 0 aromatic heterocycles. The van der Waals surface area contributed by atoms with Crippen molar-refractivity contribution in [1.29, 1.82) is 0 Å². The van der Waals surface area contributed by atoms with Gasteiger partial charge in [0.1, 0.15) is 0 Å². The summed E-state index contributed by atoms with van der Waals surface area (Å²) in [6, 6.07) is 32.0. The second-order valence-electron chi connectivity index (χ2n) is 12.7. The maximum Gasteiger partial charge on any atom is -0.0132 e. The number of halogens is 4. The second-order valence-corrected chi connectivity index (χ2v) is 15.8. The molecule has 0 heterocycles. The van der Waals surface area contributed by atoms with Gasteiger partial charge in [0.25, 0.3) is 0 Å². The average Bonchev–Trinajstić information content (AvgIpc) is 3.63. The quantitative estimate of drug-likeness (QED) is 0.156. The van der Waals surface area contributed by atoms with E-state index in [-0.39, 0.29) is 35.6 Å². The van der Waals surface area contributed by atoms with E-state index in [2.05, 4.69) is 158 Å². The minimum Gasteiger partial charge on any atom is -0.273 e. The molecule has 4 aromatic carbocycles. The van der Waals surface area contributed by atoms with Gasteiger partial charge in [-0.05, 0) is 28.4 Å². The number of fused-ring (bicyclic) bond motifs is 3. The maximum atomic E-state index is 3.67. The van der Waals surface area contributed by atoms with Crippen LogP contribution >= 0.6 is 56.7 Å². The fourth-order valence-electron chi connectivity index (χ4n) is 4.82. The zero-order chi connectivity index (χ0) is 30.5. The first-order valence-corrected chi connectivity index (χ1v) is 17.2. The molecule has 44 heavy (non-hydrogen) atoms. The van der Waals surface area contributed by atoms with Gasteiger partial charge in [0.05, 0.1) is 0 Å². The van der Waals surface area contributed by atoms with Crippen molar-refractivity contribution >= 4 is 59.9 Å². The number of allylic oxidation sites excluding steroid dienone is 4. The molecule has 4 aromatic rings. The normalized spacial score (nSPS) is 12.4. The van der Waals surface area contributed by atoms with Gasteiger partial charge in [-0.3, -0.25) is 6.08 Å². The summed E-state index contributed by atoms with van der Waals surface area (Å²) in [5, 5.41) is 0. The fraction of sp³-hybridized carbons (Fsp3) is 0.256. The summed E-state index contributed by atoms with van der Waals surface area (Å²) < 4.78 is 3.62. The molecule has 228 valence electrons. The largest absolute Gasteiger partial charge is 0.273 e. The number of benzene rings is 4. The molecule has 2 aliphatic carbocycles. The fourth-order valence-corrected chi connectivity index (χ4v) is 6.39. The third-order valence-electron chi connectivity index (χ3n) is 7.28. The molecule has 5 heteroatoms. The van der Waals surface area contributed by atoms with Crippen LogP contribution in [0.4, 0.5) is 0 Å². The number of hydrogen-bond donors (Lipinski definition) is 0. The molecule has 0 aliphatic heterocycles. The molecular weight excluding hydrogens is 790 g/mol. The molecular formula is C39H40Br2Cl2Zr. The van der Waals surface area contributed by atoms with E-state index in [4.69, 9.17) is 0 Å². The van der Waals surface area contributed by atoms with Gasteiger partial charge in [0.15, 0.2) is 0 Å². The van der Waals surface area contributed by atoms with E-state index >= 15 is 0 Å². The smallest absolute Gasteiger partial charge is 0.0132 e. The third kappa shape index (κ3) is 10.6. The molecule has 6 rings (SSSR count). The van der Waals surface area contributed by atoms with E-state index in [0.717, 1.165) is 21.8 Å². The van der Waals surface area contributed by atoms with E-state index in [1.807, 2.05) is 24.3 Å². The summed E-state index contributed by atoms with van der Waals surface area (Å²) in [5.41, 5.74) is 11.3. The van der Waals surface area contributed by atoms with Gasteiger partial charge in [-0.2, -0.15) is 29.8 Å². The Morgan fingerprint density at radius 3 is 1.77 bits per heavy atom. The molecule has 0 radical (unpaired) electrons. The van der Waals surface area contributed by atoms with Crippen LogP contribution in [0.5, 0.6) is 0 Å². The topological polar surface area (TPSA) is 0 Å². The first-order chi connectivity index (χ1) is 19.8. The van der Waals surface area contributed by atoms with Crippen molar-refractivity contribution in [3.05, 3.63) is 152 Å². The van der Waals surface area contributed by atoms with Crippen LogP contribution in [0.25, 0.3) is 11.1 Å². The summed E-state index contributed by atoms with van der Waals surface area (Å²) >= 11 is 8.43. The van der Waals surface area contributed by atoms with Crippen LogP contribution in [0, 0.1) is 12.1 Å². The van der Waals surface area contributed by atoms with Crippen molar-refractivity contribution in [2.75, 3.05) is 0 Å². The molecule has 0 atom stereocenters. The van der Waals surface area contributed by atoms with E-state index < -0.39 is 0 Å². The van der Waals surface area contributed by atoms with Crippen molar-refractivity contribution in [2.24, 2.45) is 0 Å². The SMILES string of the molecule is Brc1cccc([C](=[Zr+2])c2cccc(Br)c2)c1.CC(C)(C)c1[c-]c2c(cc1)-c1ccc(C(C)(C)C)cc1C2.Cl.Cl.[C-]1=CC=CC1. The summed E-state index contributed by atoms with van der Waals surface area (Å²) in [6.07, 6.45) is 11.0. The van der Waals surface area contributed by atoms with Gasteiger partial charge < -0.3 is 0 Å². The van der Waals surface area contributed by atoms with Crippen LogP contribution in [0.3, 0.4) is 0 Å². The number of rotatable bonds is 2. The van der Waals surface area contributed by atoms with Crippen LogP contribution in [0.1, 0.15) is 81.3 Å². The summed E-state index contributed by atoms with van der Waals surface area (Å²) in [7, 11) is 0. The van der Waals surface area contributed by atoms with Crippen molar-refractivity contribution in [3.8, 4) is 11.1 Å². The van der Waals surface area contributed by atoms with Gasteiger partial charge in [-0.1, -0.05) is 65.3 Å². The Labute approximate surface area is 309 Å². The van der Waals surface area contributed by atoms with Gasteiger partial charge >= 0.3 is 128 Å². The van der Waals surface area contributed by atoms with Crippen molar-refractivity contribution in [3.63, 3.8) is 0 Å². The molecule has 0 nitrogen and oxygen atoms in total. The molecule has 0 unspecified atom stereocenters. The van der Waals surface area contributed by atoms with Crippen LogP contribution in [-0.2, 0) is 41.5 Å². The third-order valence-corrected chi connectivity index (χ3v) is 9.68. The zero-order valence-electron chi connectivity index (χ0n) is 26.2. The van der Waals surface area contributed by atoms with Crippen molar-refractivity contribution in [1.82, 2.24) is 0 Å². The molecule has 0 amide bonds. The van der Waals surface area contributed by atoms with Crippen LogP contribution in [-0.4, -0.2) is 3.21 Å². The van der Waals surface area contributed by atoms with Gasteiger partial charge in [-0.25, -0.2) is 12.2 Å². The maximum absolute atomic E-state index is 3.67. The molecule has 0 bridgehead atoms. The molecule has 0 N–H and O–H groups in total. The summed E-state index contributed by atoms with van der Waals surface area (Å²) in [5.74, 6) is 0. The first kappa shape index (κ1) is 38.8. The van der Waals surface area contributed by atoms with E-state index in [1.54, 1.807) is 0 Å². The minimum absolute atomic E-state index is 0. The molecule has 0 saturated carbocycles. The van der Waals surface area contributed by atoms with E-state index in [1.165, 1.54) is 71.9 Å². The van der Waals surface area contributed by atoms with E-state index in [0.29, 0.717) is 0 Å². The van der Waals surface area contributed by atoms with Gasteiger partial charge in [-0.15, -0.1) is 42.4 Å². The van der Waals surface area contributed by atoms with Crippen LogP contribution in [0.2, 0.25) is 0 Å². The monoisotopic (exact) mass is 826 g/mol. The summed E-state index contributed by atoms with van der Waals surface area (Å²) in [4.78, 5) is 0. The molecule has 0 spiro atoms. The average molecular weight is 831 g/mol. The summed E-state index contributed by atoms with van der Waals surface area (Å²) in [6.45, 7) is 13.6. The first-order valence-electron chi connectivity index (χ1n) is 14.3. The Morgan fingerprint density at radius 2 is 1.32 bits per heavy atom. The van der Waals surface area contributed by atoms with Gasteiger partial charge in [0.2, 0.25) is 0 Å². The predicted molar refractivity (Wildman–Crippen MR) is 198 cm³/mol. The zero-order valence-corrected chi connectivity index (χ0v) is 33.5. The van der Waals surface area contributed by atoms with Crippen LogP contribution < -0.4 is 0 Å². The Bertz CT molecular complexity index is 1520.